The summed E-state index contributed by atoms with van der Waals surface area (Å²) in [6.45, 7) is 5.80. The molecule has 6 heteroatoms. The van der Waals surface area contributed by atoms with E-state index in [-0.39, 0.29) is 5.75 Å². The van der Waals surface area contributed by atoms with E-state index in [0.717, 1.165) is 36.7 Å². The summed E-state index contributed by atoms with van der Waals surface area (Å²) < 4.78 is 27.5. The van der Waals surface area contributed by atoms with Crippen LogP contribution in [0.15, 0.2) is 24.3 Å². The molecule has 1 saturated heterocycles. The number of sulfonamides is 1. The van der Waals surface area contributed by atoms with Gasteiger partial charge in [-0.3, -0.25) is 0 Å². The quantitative estimate of drug-likeness (QED) is 0.719. The third kappa shape index (κ3) is 6.28. The molecule has 1 saturated carbocycles. The molecule has 1 aliphatic heterocycles. The van der Waals surface area contributed by atoms with Crippen LogP contribution in [-0.2, 0) is 22.3 Å². The van der Waals surface area contributed by atoms with Crippen LogP contribution in [0.5, 0.6) is 0 Å². The summed E-state index contributed by atoms with van der Waals surface area (Å²) >= 11 is 0. The topological polar surface area (TPSA) is 52.7 Å². The number of nitrogens with zero attached hydrogens (tertiary/aromatic N) is 2. The highest BCUT2D eigenvalue weighted by Gasteiger charge is 2.26. The van der Waals surface area contributed by atoms with Crippen molar-refractivity contribution in [2.75, 3.05) is 33.2 Å². The minimum atomic E-state index is -3.26. The van der Waals surface area contributed by atoms with Gasteiger partial charge in [-0.25, -0.2) is 8.42 Å². The molecular weight excluding hydrogens is 370 g/mol. The summed E-state index contributed by atoms with van der Waals surface area (Å²) in [6, 6.07) is 8.45. The zero-order valence-electron chi connectivity index (χ0n) is 17.6. The summed E-state index contributed by atoms with van der Waals surface area (Å²) in [5, 5.41) is 3.64. The van der Waals surface area contributed by atoms with E-state index in [1.54, 1.807) is 4.31 Å². The SMILES string of the molecule is CC(CC1CCCCC1)NCc1ccccc1CS(=O)(=O)N1CCN(C)CC1. The predicted molar refractivity (Wildman–Crippen MR) is 116 cm³/mol. The van der Waals surface area contributed by atoms with E-state index in [1.807, 2.05) is 25.2 Å². The summed E-state index contributed by atoms with van der Waals surface area (Å²) in [4.78, 5) is 2.18. The lowest BCUT2D eigenvalue weighted by molar-refractivity contribution is 0.222. The van der Waals surface area contributed by atoms with Crippen LogP contribution in [0.4, 0.5) is 0 Å². The van der Waals surface area contributed by atoms with Crippen LogP contribution in [0.1, 0.15) is 56.6 Å². The highest BCUT2D eigenvalue weighted by Crippen LogP contribution is 2.27. The Balaban J connectivity index is 1.56. The molecule has 0 bridgehead atoms. The van der Waals surface area contributed by atoms with Gasteiger partial charge in [0, 0.05) is 38.8 Å². The van der Waals surface area contributed by atoms with Crippen molar-refractivity contribution in [2.24, 2.45) is 5.92 Å². The molecule has 5 nitrogen and oxygen atoms in total. The lowest BCUT2D eigenvalue weighted by Gasteiger charge is -2.31. The van der Waals surface area contributed by atoms with Crippen molar-refractivity contribution >= 4 is 10.0 Å². The van der Waals surface area contributed by atoms with Gasteiger partial charge in [0.15, 0.2) is 0 Å². The van der Waals surface area contributed by atoms with Crippen LogP contribution >= 0.6 is 0 Å². The Kier molecular flexibility index (Phi) is 7.92. The Morgan fingerprint density at radius 1 is 1.04 bits per heavy atom. The van der Waals surface area contributed by atoms with Gasteiger partial charge in [-0.05, 0) is 37.4 Å². The van der Waals surface area contributed by atoms with Gasteiger partial charge in [0.25, 0.3) is 0 Å². The van der Waals surface area contributed by atoms with Gasteiger partial charge in [-0.2, -0.15) is 4.31 Å². The Labute approximate surface area is 171 Å². The molecule has 0 radical (unpaired) electrons. The number of hydrogen-bond acceptors (Lipinski definition) is 4. The zero-order chi connectivity index (χ0) is 20.0. The van der Waals surface area contributed by atoms with Crippen LogP contribution in [0.25, 0.3) is 0 Å². The van der Waals surface area contributed by atoms with Gasteiger partial charge >= 0.3 is 0 Å². The number of benzene rings is 1. The Morgan fingerprint density at radius 2 is 1.68 bits per heavy atom. The maximum Gasteiger partial charge on any atom is 0.218 e. The van der Waals surface area contributed by atoms with Crippen molar-refractivity contribution in [1.82, 2.24) is 14.5 Å². The monoisotopic (exact) mass is 407 g/mol. The second-order valence-electron chi connectivity index (χ2n) is 8.75. The van der Waals surface area contributed by atoms with Crippen LogP contribution < -0.4 is 5.32 Å². The van der Waals surface area contributed by atoms with Crippen LogP contribution in [-0.4, -0.2) is 56.9 Å². The lowest BCUT2D eigenvalue weighted by atomic mass is 9.85. The number of hydrogen-bond donors (Lipinski definition) is 1. The fourth-order valence-electron chi connectivity index (χ4n) is 4.52. The van der Waals surface area contributed by atoms with E-state index in [4.69, 9.17) is 0 Å². The second kappa shape index (κ2) is 10.2. The molecule has 1 aromatic rings. The average Bonchev–Trinajstić information content (AvgIpc) is 2.68. The maximum absolute atomic E-state index is 12.9. The highest BCUT2D eigenvalue weighted by molar-refractivity contribution is 7.88. The van der Waals surface area contributed by atoms with Gasteiger partial charge in [-0.1, -0.05) is 56.4 Å². The van der Waals surface area contributed by atoms with Gasteiger partial charge in [0.05, 0.1) is 5.75 Å². The molecule has 28 heavy (non-hydrogen) atoms. The first-order valence-electron chi connectivity index (χ1n) is 10.9. The molecule has 158 valence electrons. The Hall–Kier alpha value is -0.950. The van der Waals surface area contributed by atoms with E-state index >= 15 is 0 Å². The van der Waals surface area contributed by atoms with Crippen LogP contribution in [0.2, 0.25) is 0 Å². The molecule has 1 heterocycles. The number of piperazine rings is 1. The zero-order valence-corrected chi connectivity index (χ0v) is 18.4. The summed E-state index contributed by atoms with van der Waals surface area (Å²) in [7, 11) is -1.22. The number of rotatable bonds is 8. The highest BCUT2D eigenvalue weighted by atomic mass is 32.2. The summed E-state index contributed by atoms with van der Waals surface area (Å²) in [6.07, 6.45) is 8.11. The third-order valence-corrected chi connectivity index (χ3v) is 8.19. The molecule has 0 spiro atoms. The fraction of sp³-hybridized carbons (Fsp3) is 0.727. The predicted octanol–water partition coefficient (Wildman–Crippen LogP) is 3.21. The molecule has 2 aliphatic rings. The minimum absolute atomic E-state index is 0.103. The van der Waals surface area contributed by atoms with Crippen LogP contribution in [0, 0.1) is 5.92 Å². The number of likely N-dealkylation sites (N-methyl/N-ethyl adjacent to an activating group) is 1. The van der Waals surface area contributed by atoms with E-state index < -0.39 is 10.0 Å². The van der Waals surface area contributed by atoms with Gasteiger partial charge < -0.3 is 10.2 Å². The van der Waals surface area contributed by atoms with Crippen molar-refractivity contribution in [3.63, 3.8) is 0 Å². The standard InChI is InChI=1S/C22H37N3O2S/c1-19(16-20-8-4-3-5-9-20)23-17-21-10-6-7-11-22(21)18-28(26,27)25-14-12-24(2)13-15-25/h6-7,10-11,19-20,23H,3-5,8-9,12-18H2,1-2H3. The largest absolute Gasteiger partial charge is 0.310 e. The molecule has 1 N–H and O–H groups in total. The first-order chi connectivity index (χ1) is 13.4. The summed E-state index contributed by atoms with van der Waals surface area (Å²) in [5.74, 6) is 0.954. The Morgan fingerprint density at radius 3 is 2.36 bits per heavy atom. The summed E-state index contributed by atoms with van der Waals surface area (Å²) in [5.41, 5.74) is 2.04. The van der Waals surface area contributed by atoms with E-state index in [0.29, 0.717) is 19.1 Å². The molecular formula is C22H37N3O2S. The molecule has 1 atom stereocenters. The van der Waals surface area contributed by atoms with Crippen molar-refractivity contribution in [3.05, 3.63) is 35.4 Å². The Bertz CT molecular complexity index is 708. The maximum atomic E-state index is 12.9. The lowest BCUT2D eigenvalue weighted by Crippen LogP contribution is -2.47. The molecule has 0 amide bonds. The number of nitrogens with one attached hydrogen (secondary N) is 1. The van der Waals surface area contributed by atoms with Gasteiger partial charge in [0.2, 0.25) is 10.0 Å². The molecule has 0 aromatic heterocycles. The fourth-order valence-corrected chi connectivity index (χ4v) is 6.09. The average molecular weight is 408 g/mol. The molecule has 3 rings (SSSR count). The van der Waals surface area contributed by atoms with E-state index in [2.05, 4.69) is 23.2 Å². The van der Waals surface area contributed by atoms with Crippen molar-refractivity contribution in [2.45, 2.75) is 63.8 Å². The van der Waals surface area contributed by atoms with E-state index in [9.17, 15) is 8.42 Å². The third-order valence-electron chi connectivity index (χ3n) is 6.36. The normalized spacial score (nSPS) is 21.6. The molecule has 2 fully saturated rings. The first-order valence-corrected chi connectivity index (χ1v) is 12.5. The van der Waals surface area contributed by atoms with Gasteiger partial charge in [0.1, 0.15) is 0 Å². The first kappa shape index (κ1) is 21.8. The van der Waals surface area contributed by atoms with Crippen molar-refractivity contribution in [1.29, 1.82) is 0 Å². The van der Waals surface area contributed by atoms with E-state index in [1.165, 1.54) is 38.5 Å². The van der Waals surface area contributed by atoms with Gasteiger partial charge in [-0.15, -0.1) is 0 Å². The minimum Gasteiger partial charge on any atom is -0.310 e. The van der Waals surface area contributed by atoms with Crippen LogP contribution in [0.3, 0.4) is 0 Å². The second-order valence-corrected chi connectivity index (χ2v) is 10.7. The molecule has 1 aromatic carbocycles. The van der Waals surface area contributed by atoms with Crippen molar-refractivity contribution in [3.8, 4) is 0 Å². The molecule has 1 unspecified atom stereocenters. The smallest absolute Gasteiger partial charge is 0.218 e. The molecule has 1 aliphatic carbocycles. The van der Waals surface area contributed by atoms with Crippen molar-refractivity contribution < 1.29 is 8.42 Å².